The van der Waals surface area contributed by atoms with Crippen LogP contribution in [0.4, 0.5) is 0 Å². The molecule has 0 amide bonds. The molecule has 1 unspecified atom stereocenters. The first-order valence-corrected chi connectivity index (χ1v) is 23.3. The summed E-state index contributed by atoms with van der Waals surface area (Å²) in [6, 6.07) is 48.2. The Balaban J connectivity index is 1.22. The van der Waals surface area contributed by atoms with E-state index in [4.69, 9.17) is 4.74 Å². The van der Waals surface area contributed by atoms with E-state index in [0.717, 1.165) is 84.1 Å². The molecule has 0 radical (unpaired) electrons. The Labute approximate surface area is 395 Å². The number of nitrogens with zero attached hydrogens (tertiary/aromatic N) is 3. The van der Waals surface area contributed by atoms with Crippen molar-refractivity contribution < 1.29 is 19.4 Å². The van der Waals surface area contributed by atoms with Gasteiger partial charge in [0, 0.05) is 28.8 Å². The summed E-state index contributed by atoms with van der Waals surface area (Å²) in [6.45, 7) is 21.6. The average molecular weight is 864 g/mol. The number of imidazole rings is 1. The molecule has 0 aliphatic carbocycles. The number of fused-ring (bicyclic) bond motifs is 5. The third-order valence-corrected chi connectivity index (χ3v) is 14.2. The Hall–Kier alpha value is -7.04. The topological polar surface area (TPSA) is 21.9 Å². The third-order valence-electron chi connectivity index (χ3n) is 14.2. The maximum atomic E-state index is 9.38. The van der Waals surface area contributed by atoms with Gasteiger partial charge in [-0.25, -0.2) is 0 Å². The van der Waals surface area contributed by atoms with Crippen molar-refractivity contribution >= 4 is 11.0 Å². The standard InChI is InChI=1S/C62H57N3O/c1-38-33-49(41-25-29-44(30-26-41)60(5,6)7)54(37-48(38)40-17-12-11-13-18-40)64-52-21-16-20-46-50-35-45(61(8,9)10)36-51-53-34-42(39-23-27-43(28-24-39)59(2,3)4)31-32-63(53)62(56(50)51)65(57(46)52)58(64)47-19-14-15-22-55(47)66-62/h11-37H,1-10H3/q+2/i23D,24D,27D,28D. The monoisotopic (exact) mass is 863 g/mol. The van der Waals surface area contributed by atoms with E-state index in [2.05, 4.69) is 183 Å². The molecule has 5 heterocycles. The van der Waals surface area contributed by atoms with Gasteiger partial charge in [0.2, 0.25) is 5.69 Å². The number of ether oxygens (including phenoxy) is 1. The van der Waals surface area contributed by atoms with Crippen molar-refractivity contribution in [3.05, 3.63) is 192 Å². The molecule has 0 fully saturated rings. The minimum atomic E-state index is -1.23. The first-order chi connectivity index (χ1) is 33.2. The van der Waals surface area contributed by atoms with Crippen molar-refractivity contribution in [1.29, 1.82) is 0 Å². The minimum Gasteiger partial charge on any atom is -0.392 e. The van der Waals surface area contributed by atoms with Crippen molar-refractivity contribution in [3.63, 3.8) is 0 Å². The molecule has 3 aliphatic rings. The number of rotatable bonds is 4. The molecular formula is C62H57N3O+2. The first-order valence-electron chi connectivity index (χ1n) is 25.3. The second kappa shape index (κ2) is 13.7. The summed E-state index contributed by atoms with van der Waals surface area (Å²) in [5.74, 6) is 0.501. The van der Waals surface area contributed by atoms with Crippen LogP contribution in [-0.2, 0) is 22.1 Å². The van der Waals surface area contributed by atoms with Crippen molar-refractivity contribution in [2.45, 2.75) is 91.3 Å². The van der Waals surface area contributed by atoms with Crippen molar-refractivity contribution in [3.8, 4) is 78.6 Å². The summed E-state index contributed by atoms with van der Waals surface area (Å²) in [5.41, 5.74) is 17.9. The predicted octanol–water partition coefficient (Wildman–Crippen LogP) is 14.6. The quantitative estimate of drug-likeness (QED) is 0.162. The summed E-state index contributed by atoms with van der Waals surface area (Å²) in [7, 11) is 0. The highest BCUT2D eigenvalue weighted by Crippen LogP contribution is 2.55. The van der Waals surface area contributed by atoms with E-state index in [9.17, 15) is 5.48 Å². The van der Waals surface area contributed by atoms with Crippen LogP contribution in [0.5, 0.6) is 5.75 Å². The molecule has 0 bridgehead atoms. The van der Waals surface area contributed by atoms with E-state index in [0.29, 0.717) is 11.1 Å². The molecule has 0 saturated heterocycles. The largest absolute Gasteiger partial charge is 0.499 e. The molecule has 1 atom stereocenters. The van der Waals surface area contributed by atoms with Gasteiger partial charge in [0.25, 0.3) is 0 Å². The molecular weight excluding hydrogens is 803 g/mol. The number of aryl methyl sites for hydroxylation is 1. The van der Waals surface area contributed by atoms with Crippen LogP contribution in [0.3, 0.4) is 0 Å². The first kappa shape index (κ1) is 36.2. The Morgan fingerprint density at radius 2 is 1.17 bits per heavy atom. The molecule has 7 aromatic carbocycles. The lowest BCUT2D eigenvalue weighted by Gasteiger charge is -2.33. The van der Waals surface area contributed by atoms with Crippen LogP contribution in [0.1, 0.15) is 95.6 Å². The zero-order chi connectivity index (χ0) is 49.1. The lowest BCUT2D eigenvalue weighted by Crippen LogP contribution is -2.78. The third kappa shape index (κ3) is 5.76. The van der Waals surface area contributed by atoms with Gasteiger partial charge >= 0.3 is 11.7 Å². The van der Waals surface area contributed by atoms with Gasteiger partial charge in [0.05, 0.1) is 11.0 Å². The molecule has 0 saturated carbocycles. The zero-order valence-corrected chi connectivity index (χ0v) is 39.5. The van der Waals surface area contributed by atoms with E-state index in [1.807, 2.05) is 39.1 Å². The molecule has 12 rings (SSSR count). The van der Waals surface area contributed by atoms with Crippen LogP contribution in [-0.4, -0.2) is 4.57 Å². The van der Waals surface area contributed by atoms with Gasteiger partial charge < -0.3 is 4.74 Å². The van der Waals surface area contributed by atoms with Crippen LogP contribution in [0.2, 0.25) is 0 Å². The number of benzene rings is 7. The predicted molar refractivity (Wildman–Crippen MR) is 270 cm³/mol. The number of hydrogen-bond acceptors (Lipinski definition) is 1. The Morgan fingerprint density at radius 3 is 1.88 bits per heavy atom. The van der Waals surface area contributed by atoms with Crippen molar-refractivity contribution in [1.82, 2.24) is 4.57 Å². The van der Waals surface area contributed by atoms with Gasteiger partial charge in [-0.2, -0.15) is 4.57 Å². The van der Waals surface area contributed by atoms with Gasteiger partial charge in [0.1, 0.15) is 22.6 Å². The lowest BCUT2D eigenvalue weighted by atomic mass is 9.80. The van der Waals surface area contributed by atoms with Crippen molar-refractivity contribution in [2.75, 3.05) is 0 Å². The second-order valence-corrected chi connectivity index (χ2v) is 21.6. The normalized spacial score (nSPS) is 16.5. The number of hydrogen-bond donors (Lipinski definition) is 0. The maximum absolute atomic E-state index is 9.38. The fourth-order valence-corrected chi connectivity index (χ4v) is 10.6. The summed E-state index contributed by atoms with van der Waals surface area (Å²) < 4.78 is 52.0. The van der Waals surface area contributed by atoms with Gasteiger partial charge in [-0.05, 0) is 122 Å². The molecule has 4 nitrogen and oxygen atoms in total. The van der Waals surface area contributed by atoms with E-state index in [-0.39, 0.29) is 40.6 Å². The summed E-state index contributed by atoms with van der Waals surface area (Å²) >= 11 is 0. The summed E-state index contributed by atoms with van der Waals surface area (Å²) in [4.78, 5) is 0. The number of aromatic nitrogens is 3. The fraction of sp³-hybridized carbons (Fsp3) is 0.226. The van der Waals surface area contributed by atoms with E-state index >= 15 is 0 Å². The Morgan fingerprint density at radius 1 is 0.515 bits per heavy atom. The van der Waals surface area contributed by atoms with Crippen LogP contribution in [0.25, 0.3) is 83.9 Å². The molecule has 4 heteroatoms. The molecule has 0 N–H and O–H groups in total. The van der Waals surface area contributed by atoms with Crippen LogP contribution in [0.15, 0.2) is 164 Å². The molecule has 2 aromatic heterocycles. The fourth-order valence-electron chi connectivity index (χ4n) is 10.6. The Bertz CT molecular complexity index is 3710. The lowest BCUT2D eigenvalue weighted by molar-refractivity contribution is -0.997. The summed E-state index contributed by atoms with van der Waals surface area (Å²) in [5, 5.41) is 0. The molecule has 66 heavy (non-hydrogen) atoms. The number of pyridine rings is 1. The van der Waals surface area contributed by atoms with Crippen LogP contribution < -0.4 is 13.9 Å². The highest BCUT2D eigenvalue weighted by molar-refractivity contribution is 5.99. The van der Waals surface area contributed by atoms with E-state index < -0.39 is 11.3 Å². The van der Waals surface area contributed by atoms with Gasteiger partial charge in [0.15, 0.2) is 17.2 Å². The minimum absolute atomic E-state index is 0.000193. The average Bonchev–Trinajstić information content (AvgIpc) is 3.81. The van der Waals surface area contributed by atoms with Crippen LogP contribution >= 0.6 is 0 Å². The smallest absolute Gasteiger partial charge is 0.392 e. The van der Waals surface area contributed by atoms with Gasteiger partial charge in [-0.1, -0.05) is 159 Å². The Kier molecular flexibility index (Phi) is 7.54. The molecule has 324 valence electrons. The second-order valence-electron chi connectivity index (χ2n) is 21.6. The van der Waals surface area contributed by atoms with E-state index in [1.165, 1.54) is 16.7 Å². The zero-order valence-electron chi connectivity index (χ0n) is 43.5. The van der Waals surface area contributed by atoms with Gasteiger partial charge in [-0.3, -0.25) is 0 Å². The maximum Gasteiger partial charge on any atom is 0.499 e. The molecule has 9 aromatic rings. The van der Waals surface area contributed by atoms with E-state index in [1.54, 1.807) is 0 Å². The molecule has 1 spiro atoms. The SMILES string of the molecule is [2H]c1c([2H])c(C(C)(C)C)c([2H])c([2H])c1-c1cc[n+]2c(c1)-c1cc(C(C)(C)C)cc3c1C21Oc2ccccc2-c2n(-c4cc(-c5ccccc5)c(C)cc4-c4ccc(C(C)(C)C)cc4)c4cccc-3c4[n+]21. The highest BCUT2D eigenvalue weighted by Gasteiger charge is 2.68. The number of para-hydroxylation sites is 2. The van der Waals surface area contributed by atoms with Crippen molar-refractivity contribution in [2.24, 2.45) is 0 Å². The van der Waals surface area contributed by atoms with Crippen LogP contribution in [0, 0.1) is 6.92 Å². The highest BCUT2D eigenvalue weighted by atomic mass is 16.5. The molecule has 3 aliphatic heterocycles. The summed E-state index contributed by atoms with van der Waals surface area (Å²) in [6.07, 6.45) is 2.04. The van der Waals surface area contributed by atoms with Gasteiger partial charge in [-0.15, -0.1) is 9.13 Å².